The Kier molecular flexibility index (Phi) is 18.5. The van der Waals surface area contributed by atoms with Gasteiger partial charge in [-0.2, -0.15) is 0 Å². The molecule has 0 spiro atoms. The fourth-order valence-corrected chi connectivity index (χ4v) is 4.53. The van der Waals surface area contributed by atoms with Crippen molar-refractivity contribution >= 4 is 47.3 Å². The second-order valence-corrected chi connectivity index (χ2v) is 10.6. The van der Waals surface area contributed by atoms with Crippen molar-refractivity contribution in [3.63, 3.8) is 0 Å². The number of hydrogen-bond donors (Lipinski definition) is 5. The molecular weight excluding hydrogens is 536 g/mol. The lowest BCUT2D eigenvalue weighted by Gasteiger charge is -2.08. The first-order valence-corrected chi connectivity index (χ1v) is 14.1. The molecule has 0 bridgehead atoms. The summed E-state index contributed by atoms with van der Waals surface area (Å²) < 4.78 is 9.99. The van der Waals surface area contributed by atoms with Crippen molar-refractivity contribution in [1.29, 1.82) is 0 Å². The van der Waals surface area contributed by atoms with Gasteiger partial charge in [0.1, 0.15) is 13.2 Å². The molecule has 0 aliphatic heterocycles. The van der Waals surface area contributed by atoms with E-state index in [1.165, 1.54) is 0 Å². The minimum absolute atomic E-state index is 0. The first kappa shape index (κ1) is 32.8. The normalized spacial score (nSPS) is 10.2. The molecule has 2 rings (SSSR count). The Bertz CT molecular complexity index is 938. The SMILES string of the molecule is C=C(C)C(=O)OCCNC(=O)OCCSc1ccc(Sc2ccc(SCCO)cc2)cc1.OCCNO.[HH].[HH]. The number of hydrogen-bond acceptors (Lipinski definition) is 11. The fraction of sp³-hybridized carbons (Fsp3) is 0.360. The highest BCUT2D eigenvalue weighted by Crippen LogP contribution is 2.31. The molecule has 0 radical (unpaired) electrons. The van der Waals surface area contributed by atoms with Gasteiger partial charge >= 0.3 is 12.1 Å². The lowest BCUT2D eigenvalue weighted by Crippen LogP contribution is -2.29. The molecule has 1 amide bonds. The van der Waals surface area contributed by atoms with Gasteiger partial charge in [-0.05, 0) is 55.5 Å². The number of benzene rings is 2. The zero-order chi connectivity index (χ0) is 27.3. The molecule has 0 saturated heterocycles. The fourth-order valence-electron chi connectivity index (χ4n) is 2.32. The minimum Gasteiger partial charge on any atom is -0.460 e. The highest BCUT2D eigenvalue weighted by molar-refractivity contribution is 8.00. The van der Waals surface area contributed by atoms with Crippen molar-refractivity contribution in [3.8, 4) is 0 Å². The molecule has 0 aromatic heterocycles. The van der Waals surface area contributed by atoms with E-state index in [9.17, 15) is 9.59 Å². The predicted octanol–water partition coefficient (Wildman–Crippen LogP) is 4.31. The third kappa shape index (κ3) is 16.3. The summed E-state index contributed by atoms with van der Waals surface area (Å²) in [5.74, 6) is 0.860. The Balaban J connectivity index is 0. The molecule has 0 unspecified atom stereocenters. The third-order valence-electron chi connectivity index (χ3n) is 4.01. The Morgan fingerprint density at radius 2 is 1.38 bits per heavy atom. The predicted molar refractivity (Wildman–Crippen MR) is 152 cm³/mol. The van der Waals surface area contributed by atoms with Gasteiger partial charge in [0.2, 0.25) is 0 Å². The van der Waals surface area contributed by atoms with E-state index in [4.69, 9.17) is 24.9 Å². The van der Waals surface area contributed by atoms with Crippen LogP contribution in [0.4, 0.5) is 4.79 Å². The lowest BCUT2D eigenvalue weighted by atomic mass is 10.4. The number of ether oxygens (including phenoxy) is 2. The van der Waals surface area contributed by atoms with Gasteiger partial charge in [-0.25, -0.2) is 15.1 Å². The maximum absolute atomic E-state index is 11.6. The molecule has 0 aliphatic carbocycles. The van der Waals surface area contributed by atoms with Gasteiger partial charge in [0.05, 0.1) is 19.8 Å². The summed E-state index contributed by atoms with van der Waals surface area (Å²) in [6.07, 6.45) is -0.537. The van der Waals surface area contributed by atoms with E-state index in [1.807, 2.05) is 0 Å². The molecule has 2 aromatic rings. The van der Waals surface area contributed by atoms with E-state index in [1.54, 1.807) is 47.7 Å². The van der Waals surface area contributed by atoms with Crippen LogP contribution >= 0.6 is 35.3 Å². The van der Waals surface area contributed by atoms with Gasteiger partial charge in [0, 0.05) is 46.1 Å². The number of carbonyl (C=O) groups is 2. The van der Waals surface area contributed by atoms with Gasteiger partial charge in [0.25, 0.3) is 0 Å². The first-order valence-electron chi connectivity index (χ1n) is 11.3. The molecule has 0 heterocycles. The number of aliphatic hydroxyl groups excluding tert-OH is 2. The van der Waals surface area contributed by atoms with Crippen LogP contribution in [0, 0.1) is 0 Å². The molecular formula is C25H38N2O7S3. The van der Waals surface area contributed by atoms with Crippen molar-refractivity contribution in [2.24, 2.45) is 0 Å². The summed E-state index contributed by atoms with van der Waals surface area (Å²) in [6, 6.07) is 16.5. The standard InChI is InChI=1S/C23H27NO5S3.C2H7NO2.2H2/c1-17(2)22(26)28-13-11-24-23(27)29-14-16-31-19-5-9-21(10-6-19)32-20-7-3-18(4-8-20)30-15-12-25;4-2-1-3-5;;/h3-10,25H,1,11-16H2,2H3,(H,24,27);3-5H,1-2H2;2*1H. The van der Waals surface area contributed by atoms with Crippen LogP contribution in [0.2, 0.25) is 0 Å². The van der Waals surface area contributed by atoms with Crippen molar-refractivity contribution < 1.29 is 37.3 Å². The van der Waals surface area contributed by atoms with Crippen LogP contribution in [0.15, 0.2) is 80.3 Å². The summed E-state index contributed by atoms with van der Waals surface area (Å²) in [5, 5.41) is 26.9. The lowest BCUT2D eigenvalue weighted by molar-refractivity contribution is -0.138. The number of esters is 1. The Morgan fingerprint density at radius 1 is 0.838 bits per heavy atom. The summed E-state index contributed by atoms with van der Waals surface area (Å²) in [6.45, 7) is 6.00. The van der Waals surface area contributed by atoms with E-state index in [0.29, 0.717) is 17.1 Å². The van der Waals surface area contributed by atoms with Gasteiger partial charge < -0.3 is 30.2 Å². The van der Waals surface area contributed by atoms with Crippen LogP contribution in [-0.4, -0.2) is 78.5 Å². The van der Waals surface area contributed by atoms with E-state index in [2.05, 4.69) is 60.4 Å². The van der Waals surface area contributed by atoms with Crippen LogP contribution in [0.3, 0.4) is 0 Å². The molecule has 12 heteroatoms. The smallest absolute Gasteiger partial charge is 0.407 e. The Hall–Kier alpha value is -2.19. The number of alkyl carbamates (subject to hydrolysis) is 1. The number of nitrogens with one attached hydrogen (secondary N) is 2. The van der Waals surface area contributed by atoms with Crippen molar-refractivity contribution in [1.82, 2.24) is 10.8 Å². The van der Waals surface area contributed by atoms with Gasteiger partial charge in [-0.1, -0.05) is 18.3 Å². The monoisotopic (exact) mass is 574 g/mol. The average Bonchev–Trinajstić information content (AvgIpc) is 2.90. The van der Waals surface area contributed by atoms with Gasteiger partial charge in [-0.15, -0.1) is 23.5 Å². The minimum atomic E-state index is -0.537. The molecule has 0 saturated carbocycles. The summed E-state index contributed by atoms with van der Waals surface area (Å²) in [5.41, 5.74) is 2.09. The second-order valence-electron chi connectivity index (χ2n) is 7.08. The number of aliphatic hydroxyl groups is 2. The number of rotatable bonds is 15. The maximum Gasteiger partial charge on any atom is 0.407 e. The molecule has 2 aromatic carbocycles. The quantitative estimate of drug-likeness (QED) is 0.0684. The average molecular weight is 575 g/mol. The molecule has 9 nitrogen and oxygen atoms in total. The zero-order valence-corrected chi connectivity index (χ0v) is 23.1. The first-order chi connectivity index (χ1) is 17.9. The molecule has 0 fully saturated rings. The maximum atomic E-state index is 11.6. The second kappa shape index (κ2) is 20.8. The highest BCUT2D eigenvalue weighted by atomic mass is 32.2. The van der Waals surface area contributed by atoms with E-state index < -0.39 is 12.1 Å². The summed E-state index contributed by atoms with van der Waals surface area (Å²) >= 11 is 4.94. The van der Waals surface area contributed by atoms with Crippen molar-refractivity contribution in [3.05, 3.63) is 60.7 Å². The van der Waals surface area contributed by atoms with Crippen LogP contribution in [0.1, 0.15) is 9.78 Å². The number of carbonyl (C=O) groups excluding carboxylic acids is 2. The van der Waals surface area contributed by atoms with Crippen LogP contribution in [-0.2, 0) is 14.3 Å². The van der Waals surface area contributed by atoms with Crippen LogP contribution in [0.5, 0.6) is 0 Å². The Labute approximate surface area is 233 Å². The zero-order valence-electron chi connectivity index (χ0n) is 20.7. The third-order valence-corrected chi connectivity index (χ3v) is 6.99. The van der Waals surface area contributed by atoms with E-state index in [-0.39, 0.29) is 42.4 Å². The summed E-state index contributed by atoms with van der Waals surface area (Å²) in [4.78, 5) is 27.4. The molecule has 37 heavy (non-hydrogen) atoms. The summed E-state index contributed by atoms with van der Waals surface area (Å²) in [7, 11) is 0. The van der Waals surface area contributed by atoms with Crippen LogP contribution in [0.25, 0.3) is 0 Å². The molecule has 208 valence electrons. The Morgan fingerprint density at radius 3 is 1.84 bits per heavy atom. The molecule has 0 aliphatic rings. The topological polar surface area (TPSA) is 137 Å². The number of hydroxylamine groups is 1. The van der Waals surface area contributed by atoms with Crippen LogP contribution < -0.4 is 10.8 Å². The van der Waals surface area contributed by atoms with E-state index >= 15 is 0 Å². The van der Waals surface area contributed by atoms with E-state index in [0.717, 1.165) is 19.6 Å². The van der Waals surface area contributed by atoms with Crippen molar-refractivity contribution in [2.45, 2.75) is 26.5 Å². The highest BCUT2D eigenvalue weighted by Gasteiger charge is 2.05. The molecule has 5 N–H and O–H groups in total. The molecule has 0 atom stereocenters. The number of thioether (sulfide) groups is 2. The number of amides is 1. The van der Waals surface area contributed by atoms with Crippen molar-refractivity contribution in [2.75, 3.05) is 51.0 Å². The largest absolute Gasteiger partial charge is 0.460 e. The van der Waals surface area contributed by atoms with Gasteiger partial charge in [0.15, 0.2) is 0 Å². The van der Waals surface area contributed by atoms with Gasteiger partial charge in [-0.3, -0.25) is 0 Å².